The number of rotatable bonds is 10. The van der Waals surface area contributed by atoms with Gasteiger partial charge in [0.1, 0.15) is 5.75 Å². The van der Waals surface area contributed by atoms with E-state index in [1.54, 1.807) is 21.2 Å². The normalized spacial score (nSPS) is 11.9. The predicted octanol–water partition coefficient (Wildman–Crippen LogP) is 3.70. The molecule has 2 aromatic rings. The van der Waals surface area contributed by atoms with E-state index in [-0.39, 0.29) is 0 Å². The number of hydrogen-bond donors (Lipinski definition) is 1. The summed E-state index contributed by atoms with van der Waals surface area (Å²) in [5.74, 6) is 2.79. The molecular weight excluding hydrogens is 344 g/mol. The molecule has 0 aliphatic carbocycles. The second-order valence-electron chi connectivity index (χ2n) is 6.11. The summed E-state index contributed by atoms with van der Waals surface area (Å²) in [6.07, 6.45) is 6.16. The van der Waals surface area contributed by atoms with Crippen molar-refractivity contribution >= 4 is 5.84 Å². The van der Waals surface area contributed by atoms with Gasteiger partial charge in [-0.1, -0.05) is 12.8 Å². The molecule has 8 heteroatoms. The van der Waals surface area contributed by atoms with Crippen LogP contribution >= 0.6 is 0 Å². The Morgan fingerprint density at radius 3 is 2.56 bits per heavy atom. The lowest BCUT2D eigenvalue weighted by molar-refractivity contribution is 0.408. The Bertz CT molecular complexity index is 769. The fourth-order valence-corrected chi connectivity index (χ4v) is 2.84. The molecule has 0 fully saturated rings. The molecular formula is C19H28N6O2. The van der Waals surface area contributed by atoms with E-state index in [0.29, 0.717) is 11.7 Å². The third-order valence-corrected chi connectivity index (χ3v) is 4.11. The Hall–Kier alpha value is -2.77. The largest absolute Gasteiger partial charge is 0.496 e. The number of aromatic nitrogens is 2. The number of amidine groups is 1. The topological polar surface area (TPSA) is 97.3 Å². The van der Waals surface area contributed by atoms with E-state index in [1.165, 1.54) is 0 Å². The summed E-state index contributed by atoms with van der Waals surface area (Å²) in [5, 5.41) is 20.0. The van der Waals surface area contributed by atoms with Crippen molar-refractivity contribution < 1.29 is 9.15 Å². The van der Waals surface area contributed by atoms with E-state index >= 15 is 0 Å². The second kappa shape index (κ2) is 11.1. The van der Waals surface area contributed by atoms with Gasteiger partial charge in [0.05, 0.1) is 7.11 Å². The first-order valence-corrected chi connectivity index (χ1v) is 9.18. The van der Waals surface area contributed by atoms with Crippen molar-refractivity contribution in [3.63, 3.8) is 0 Å². The molecule has 2 rings (SSSR count). The first-order valence-electron chi connectivity index (χ1n) is 9.18. The van der Waals surface area contributed by atoms with Crippen molar-refractivity contribution in [2.75, 3.05) is 21.2 Å². The minimum Gasteiger partial charge on any atom is -0.496 e. The molecule has 1 heterocycles. The zero-order chi connectivity index (χ0) is 19.5. The summed E-state index contributed by atoms with van der Waals surface area (Å²) in [5.41, 5.74) is 4.83. The van der Waals surface area contributed by atoms with Crippen LogP contribution < -0.4 is 10.2 Å². The molecule has 1 N–H and O–H groups in total. The maximum atomic E-state index is 5.50. The van der Waals surface area contributed by atoms with Crippen LogP contribution in [0.5, 0.6) is 5.75 Å². The quantitative estimate of drug-likeness (QED) is 0.225. The van der Waals surface area contributed by atoms with Gasteiger partial charge in [-0.2, -0.15) is 10.2 Å². The number of hydrazone groups is 1. The highest BCUT2D eigenvalue weighted by Crippen LogP contribution is 2.23. The highest BCUT2D eigenvalue weighted by Gasteiger charge is 2.09. The number of aryl methyl sites for hydroxylation is 3. The Morgan fingerprint density at radius 1 is 1.15 bits per heavy atom. The van der Waals surface area contributed by atoms with Crippen molar-refractivity contribution in [2.45, 2.75) is 45.4 Å². The van der Waals surface area contributed by atoms with Crippen molar-refractivity contribution in [1.82, 2.24) is 15.6 Å². The molecule has 0 aliphatic rings. The number of nitrogens with zero attached hydrogens (tertiary/aromatic N) is 5. The summed E-state index contributed by atoms with van der Waals surface area (Å²) >= 11 is 0. The van der Waals surface area contributed by atoms with Gasteiger partial charge in [-0.05, 0) is 43.0 Å². The number of benzene rings is 1. The Balaban J connectivity index is 1.88. The van der Waals surface area contributed by atoms with Gasteiger partial charge in [-0.15, -0.1) is 15.3 Å². The van der Waals surface area contributed by atoms with Crippen molar-refractivity contribution in [3.05, 3.63) is 41.1 Å². The number of methoxy groups -OCH3 is 1. The van der Waals surface area contributed by atoms with Crippen LogP contribution in [0.15, 0.2) is 37.9 Å². The van der Waals surface area contributed by atoms with Crippen LogP contribution in [0, 0.1) is 6.92 Å². The molecule has 146 valence electrons. The van der Waals surface area contributed by atoms with Gasteiger partial charge in [-0.3, -0.25) is 0 Å². The highest BCUT2D eigenvalue weighted by molar-refractivity contribution is 5.99. The molecule has 0 amide bonds. The zero-order valence-electron chi connectivity index (χ0n) is 16.5. The second-order valence-corrected chi connectivity index (χ2v) is 6.11. The van der Waals surface area contributed by atoms with Crippen LogP contribution in [0.3, 0.4) is 0 Å². The summed E-state index contributed by atoms with van der Waals surface area (Å²) in [6.45, 7) is 1.81. The van der Waals surface area contributed by atoms with Crippen molar-refractivity contribution in [3.8, 4) is 5.75 Å². The molecule has 1 aromatic carbocycles. The minimum absolute atomic E-state index is 0.554. The number of hydrogen-bond acceptors (Lipinski definition) is 7. The smallest absolute Gasteiger partial charge is 0.216 e. The Morgan fingerprint density at radius 2 is 1.93 bits per heavy atom. The average molecular weight is 372 g/mol. The van der Waals surface area contributed by atoms with Crippen LogP contribution in [0.4, 0.5) is 0 Å². The summed E-state index contributed by atoms with van der Waals surface area (Å²) < 4.78 is 10.9. The fourth-order valence-electron chi connectivity index (χ4n) is 2.84. The summed E-state index contributed by atoms with van der Waals surface area (Å²) in [4.78, 5) is 0. The molecule has 0 saturated carbocycles. The highest BCUT2D eigenvalue weighted by atomic mass is 16.5. The fraction of sp³-hybridized carbons (Fsp3) is 0.526. The van der Waals surface area contributed by atoms with Gasteiger partial charge in [0, 0.05) is 33.0 Å². The lowest BCUT2D eigenvalue weighted by atomic mass is 10.0. The van der Waals surface area contributed by atoms with E-state index < -0.39 is 0 Å². The monoisotopic (exact) mass is 372 g/mol. The van der Waals surface area contributed by atoms with Gasteiger partial charge in [0.15, 0.2) is 5.84 Å². The molecule has 1 aromatic heterocycles. The van der Waals surface area contributed by atoms with Crippen molar-refractivity contribution in [2.24, 2.45) is 15.3 Å². The number of nitrogens with one attached hydrogen (secondary N) is 1. The van der Waals surface area contributed by atoms with E-state index in [2.05, 4.69) is 37.0 Å². The van der Waals surface area contributed by atoms with Gasteiger partial charge < -0.3 is 14.6 Å². The van der Waals surface area contributed by atoms with E-state index in [1.807, 2.05) is 19.1 Å². The molecule has 0 spiro atoms. The third kappa shape index (κ3) is 6.47. The molecule has 0 unspecified atom stereocenters. The van der Waals surface area contributed by atoms with E-state index in [0.717, 1.165) is 61.3 Å². The maximum absolute atomic E-state index is 5.50. The van der Waals surface area contributed by atoms with Crippen LogP contribution in [-0.4, -0.2) is 37.2 Å². The lowest BCUT2D eigenvalue weighted by Crippen LogP contribution is -2.05. The Labute approximate surface area is 160 Å². The first kappa shape index (κ1) is 20.5. The third-order valence-electron chi connectivity index (χ3n) is 4.11. The molecule has 0 aliphatic heterocycles. The van der Waals surface area contributed by atoms with Crippen LogP contribution in [-0.2, 0) is 12.8 Å². The standard InChI is InChI=1S/C19H28N6O2/c1-14-22-23-18(27-14)10-8-6-5-7-9-15-13-16(11-12-17(15)26-4)19(24-20-2)25-21-3/h11-13,20H,5-10H2,1-4H3/b24-19-,25-21?. The zero-order valence-corrected chi connectivity index (χ0v) is 16.5. The van der Waals surface area contributed by atoms with Gasteiger partial charge in [0.2, 0.25) is 11.8 Å². The van der Waals surface area contributed by atoms with Gasteiger partial charge in [0.25, 0.3) is 0 Å². The lowest BCUT2D eigenvalue weighted by Gasteiger charge is -2.10. The first-order chi connectivity index (χ1) is 13.2. The summed E-state index contributed by atoms with van der Waals surface area (Å²) in [6, 6.07) is 5.98. The molecule has 0 saturated heterocycles. The summed E-state index contributed by atoms with van der Waals surface area (Å²) in [7, 11) is 5.07. The van der Waals surface area contributed by atoms with E-state index in [4.69, 9.17) is 9.15 Å². The molecule has 0 radical (unpaired) electrons. The van der Waals surface area contributed by atoms with Crippen molar-refractivity contribution in [1.29, 1.82) is 0 Å². The molecule has 8 nitrogen and oxygen atoms in total. The number of unbranched alkanes of at least 4 members (excludes halogenated alkanes) is 3. The van der Waals surface area contributed by atoms with Crippen LogP contribution in [0.2, 0.25) is 0 Å². The molecule has 27 heavy (non-hydrogen) atoms. The number of ether oxygens (including phenoxy) is 1. The van der Waals surface area contributed by atoms with Gasteiger partial charge in [-0.25, -0.2) is 0 Å². The SMILES string of the molecule is CN=N/C(=N\NC)c1ccc(OC)c(CCCCCCc2nnc(C)o2)c1. The predicted molar refractivity (Wildman–Crippen MR) is 104 cm³/mol. The Kier molecular flexibility index (Phi) is 8.41. The van der Waals surface area contributed by atoms with Crippen LogP contribution in [0.1, 0.15) is 48.6 Å². The minimum atomic E-state index is 0.554. The molecule has 0 atom stereocenters. The average Bonchev–Trinajstić information content (AvgIpc) is 3.09. The number of azo groups is 1. The van der Waals surface area contributed by atoms with E-state index in [9.17, 15) is 0 Å². The van der Waals surface area contributed by atoms with Gasteiger partial charge >= 0.3 is 0 Å². The maximum Gasteiger partial charge on any atom is 0.216 e. The van der Waals surface area contributed by atoms with Crippen LogP contribution in [0.25, 0.3) is 0 Å². The molecule has 0 bridgehead atoms.